The number of hydrogen-bond acceptors (Lipinski definition) is 1. The maximum atomic E-state index is 3.95. The summed E-state index contributed by atoms with van der Waals surface area (Å²) < 4.78 is 0. The van der Waals surface area contributed by atoms with Crippen molar-refractivity contribution >= 4 is 18.5 Å². The van der Waals surface area contributed by atoms with Gasteiger partial charge >= 0.3 is 0 Å². The molecule has 0 radical (unpaired) electrons. The van der Waals surface area contributed by atoms with Gasteiger partial charge in [0.05, 0.1) is 5.69 Å². The van der Waals surface area contributed by atoms with Crippen LogP contribution in [0.25, 0.3) is 6.08 Å². The van der Waals surface area contributed by atoms with Crippen LogP contribution < -0.4 is 0 Å². The Labute approximate surface area is 73.5 Å². The molecule has 12 heavy (non-hydrogen) atoms. The van der Waals surface area contributed by atoms with E-state index in [-0.39, 0.29) is 0 Å². The number of benzene rings is 1. The van der Waals surface area contributed by atoms with Crippen LogP contribution in [0.5, 0.6) is 0 Å². The minimum absolute atomic E-state index is 0.952. The van der Waals surface area contributed by atoms with E-state index in [0.717, 1.165) is 11.3 Å². The first-order valence-electron chi connectivity index (χ1n) is 3.98. The van der Waals surface area contributed by atoms with Gasteiger partial charge in [-0.15, -0.1) is 0 Å². The van der Waals surface area contributed by atoms with Gasteiger partial charge in [0.25, 0.3) is 0 Å². The third-order valence-corrected chi connectivity index (χ3v) is 1.70. The molecule has 0 N–H and O–H groups in total. The Morgan fingerprint density at radius 1 is 1.42 bits per heavy atom. The molecule has 0 saturated carbocycles. The summed E-state index contributed by atoms with van der Waals surface area (Å²) in [5.41, 5.74) is 3.29. The Kier molecular flexibility index (Phi) is 2.81. The summed E-state index contributed by atoms with van der Waals surface area (Å²) in [6, 6.07) is 6.16. The topological polar surface area (TPSA) is 12.4 Å². The van der Waals surface area contributed by atoms with E-state index in [9.17, 15) is 0 Å². The van der Waals surface area contributed by atoms with Crippen LogP contribution in [0, 0.1) is 6.92 Å². The minimum atomic E-state index is 0.952. The smallest absolute Gasteiger partial charge is 0.0697 e. The second kappa shape index (κ2) is 3.86. The summed E-state index contributed by atoms with van der Waals surface area (Å²) in [7, 11) is 0. The maximum absolute atomic E-state index is 3.95. The zero-order chi connectivity index (χ0) is 8.97. The van der Waals surface area contributed by atoms with Crippen LogP contribution in [-0.2, 0) is 0 Å². The molecule has 1 nitrogen and oxygen atoms in total. The molecule has 1 rings (SSSR count). The average molecular weight is 159 g/mol. The standard InChI is InChI=1S/C11H13N/c1-4-5-10-7-6-9(2)8-11(10)12-3/h4-8H,3H2,1-2H3/b5-4-. The largest absolute Gasteiger partial charge is 0.264 e. The highest BCUT2D eigenvalue weighted by Crippen LogP contribution is 2.21. The third-order valence-electron chi connectivity index (χ3n) is 1.70. The number of aliphatic imine (C=N–C) groups is 1. The van der Waals surface area contributed by atoms with Crippen LogP contribution in [0.1, 0.15) is 18.1 Å². The molecule has 0 aliphatic rings. The number of hydrogen-bond donors (Lipinski definition) is 0. The van der Waals surface area contributed by atoms with Gasteiger partial charge in [0.15, 0.2) is 0 Å². The first kappa shape index (κ1) is 8.72. The van der Waals surface area contributed by atoms with E-state index in [2.05, 4.69) is 23.8 Å². The van der Waals surface area contributed by atoms with Gasteiger partial charge in [-0.3, -0.25) is 4.99 Å². The third kappa shape index (κ3) is 1.82. The highest BCUT2D eigenvalue weighted by Gasteiger charge is 1.95. The van der Waals surface area contributed by atoms with Crippen molar-refractivity contribution in [2.24, 2.45) is 4.99 Å². The Morgan fingerprint density at radius 3 is 2.75 bits per heavy atom. The number of aryl methyl sites for hydroxylation is 1. The van der Waals surface area contributed by atoms with E-state index in [0.29, 0.717) is 0 Å². The Morgan fingerprint density at radius 2 is 2.17 bits per heavy atom. The van der Waals surface area contributed by atoms with Crippen molar-refractivity contribution in [3.05, 3.63) is 35.4 Å². The van der Waals surface area contributed by atoms with Crippen molar-refractivity contribution < 1.29 is 0 Å². The molecule has 0 heterocycles. The predicted octanol–water partition coefficient (Wildman–Crippen LogP) is 3.36. The molecular formula is C11H13N. The molecule has 1 aromatic carbocycles. The monoisotopic (exact) mass is 159 g/mol. The molecule has 0 fully saturated rings. The van der Waals surface area contributed by atoms with Crippen molar-refractivity contribution in [3.8, 4) is 0 Å². The average Bonchev–Trinajstić information content (AvgIpc) is 2.08. The Bertz CT molecular complexity index is 311. The zero-order valence-electron chi connectivity index (χ0n) is 7.54. The van der Waals surface area contributed by atoms with Crippen LogP contribution in [0.3, 0.4) is 0 Å². The molecule has 0 amide bonds. The molecule has 0 spiro atoms. The van der Waals surface area contributed by atoms with Gasteiger partial charge in [0, 0.05) is 0 Å². The van der Waals surface area contributed by atoms with Crippen LogP contribution >= 0.6 is 0 Å². The molecule has 0 aliphatic carbocycles. The van der Waals surface area contributed by atoms with Crippen molar-refractivity contribution in [1.82, 2.24) is 0 Å². The van der Waals surface area contributed by atoms with E-state index in [1.165, 1.54) is 5.56 Å². The predicted molar refractivity (Wildman–Crippen MR) is 55.1 cm³/mol. The lowest BCUT2D eigenvalue weighted by molar-refractivity contribution is 1.42. The summed E-state index contributed by atoms with van der Waals surface area (Å²) in [5, 5.41) is 0. The second-order valence-corrected chi connectivity index (χ2v) is 2.72. The molecule has 0 atom stereocenters. The van der Waals surface area contributed by atoms with Gasteiger partial charge in [-0.1, -0.05) is 24.3 Å². The van der Waals surface area contributed by atoms with Gasteiger partial charge in [-0.25, -0.2) is 0 Å². The maximum Gasteiger partial charge on any atom is 0.0697 e. The van der Waals surface area contributed by atoms with Crippen molar-refractivity contribution in [3.63, 3.8) is 0 Å². The highest BCUT2D eigenvalue weighted by molar-refractivity contribution is 5.66. The fourth-order valence-electron chi connectivity index (χ4n) is 1.11. The van der Waals surface area contributed by atoms with Crippen molar-refractivity contribution in [2.45, 2.75) is 13.8 Å². The minimum Gasteiger partial charge on any atom is -0.264 e. The van der Waals surface area contributed by atoms with Crippen molar-refractivity contribution in [1.29, 1.82) is 0 Å². The van der Waals surface area contributed by atoms with Gasteiger partial charge in [0.2, 0.25) is 0 Å². The quantitative estimate of drug-likeness (QED) is 0.587. The van der Waals surface area contributed by atoms with Gasteiger partial charge in [0.1, 0.15) is 0 Å². The normalized spacial score (nSPS) is 10.5. The molecule has 0 unspecified atom stereocenters. The lowest BCUT2D eigenvalue weighted by atomic mass is 10.1. The number of allylic oxidation sites excluding steroid dienone is 1. The molecule has 1 heteroatoms. The van der Waals surface area contributed by atoms with Crippen LogP contribution in [0.2, 0.25) is 0 Å². The number of nitrogens with zero attached hydrogens (tertiary/aromatic N) is 1. The molecular weight excluding hydrogens is 146 g/mol. The van der Waals surface area contributed by atoms with Crippen LogP contribution in [-0.4, -0.2) is 6.72 Å². The second-order valence-electron chi connectivity index (χ2n) is 2.72. The molecule has 0 bridgehead atoms. The summed E-state index contributed by atoms with van der Waals surface area (Å²) in [6.45, 7) is 7.57. The Hall–Kier alpha value is -1.37. The van der Waals surface area contributed by atoms with Gasteiger partial charge < -0.3 is 0 Å². The molecule has 0 saturated heterocycles. The van der Waals surface area contributed by atoms with E-state index >= 15 is 0 Å². The lowest BCUT2D eigenvalue weighted by Crippen LogP contribution is -1.76. The van der Waals surface area contributed by atoms with E-state index < -0.39 is 0 Å². The van der Waals surface area contributed by atoms with Crippen LogP contribution in [0.4, 0.5) is 5.69 Å². The fraction of sp³-hybridized carbons (Fsp3) is 0.182. The SMILES string of the molecule is C=Nc1cc(C)ccc1/C=C\C. The summed E-state index contributed by atoms with van der Waals surface area (Å²) >= 11 is 0. The Balaban J connectivity index is 3.19. The zero-order valence-corrected chi connectivity index (χ0v) is 7.54. The van der Waals surface area contributed by atoms with Crippen LogP contribution in [0.15, 0.2) is 29.3 Å². The summed E-state index contributed by atoms with van der Waals surface area (Å²) in [4.78, 5) is 3.95. The summed E-state index contributed by atoms with van der Waals surface area (Å²) in [5.74, 6) is 0. The first-order valence-corrected chi connectivity index (χ1v) is 3.98. The summed E-state index contributed by atoms with van der Waals surface area (Å²) in [6.07, 6.45) is 4.03. The fourth-order valence-corrected chi connectivity index (χ4v) is 1.11. The molecule has 0 aromatic heterocycles. The molecule has 62 valence electrons. The lowest BCUT2D eigenvalue weighted by Gasteiger charge is -2.00. The highest BCUT2D eigenvalue weighted by atomic mass is 14.7. The molecule has 0 aliphatic heterocycles. The van der Waals surface area contributed by atoms with E-state index in [1.54, 1.807) is 0 Å². The van der Waals surface area contributed by atoms with Gasteiger partial charge in [-0.05, 0) is 37.8 Å². The van der Waals surface area contributed by atoms with E-state index in [4.69, 9.17) is 0 Å². The molecule has 1 aromatic rings. The van der Waals surface area contributed by atoms with Gasteiger partial charge in [-0.2, -0.15) is 0 Å². The first-order chi connectivity index (χ1) is 5.77. The number of rotatable bonds is 2. The van der Waals surface area contributed by atoms with Crippen molar-refractivity contribution in [2.75, 3.05) is 0 Å². The van der Waals surface area contributed by atoms with E-state index in [1.807, 2.05) is 32.1 Å².